The number of rotatable bonds is 4. The highest BCUT2D eigenvalue weighted by Gasteiger charge is 2.35. The molecule has 0 bridgehead atoms. The number of anilines is 1. The third-order valence-corrected chi connectivity index (χ3v) is 4.39. The lowest BCUT2D eigenvalue weighted by atomic mass is 10.1. The summed E-state index contributed by atoms with van der Waals surface area (Å²) in [4.78, 5) is 23.1. The lowest BCUT2D eigenvalue weighted by molar-refractivity contribution is -0.137. The molecule has 3 rings (SSSR count). The van der Waals surface area contributed by atoms with Gasteiger partial charge in [0, 0.05) is 5.56 Å². The number of halogens is 3. The molecule has 1 aromatic heterocycles. The van der Waals surface area contributed by atoms with Gasteiger partial charge in [0.25, 0.3) is 5.91 Å². The first-order valence-electron chi connectivity index (χ1n) is 7.40. The molecule has 0 aliphatic heterocycles. The molecule has 1 heterocycles. The second-order valence-electron chi connectivity index (χ2n) is 5.29. The molecule has 3 aromatic rings. The van der Waals surface area contributed by atoms with E-state index in [0.717, 1.165) is 23.5 Å². The van der Waals surface area contributed by atoms with Gasteiger partial charge in [0.1, 0.15) is 5.01 Å². The van der Waals surface area contributed by atoms with Crippen LogP contribution in [-0.2, 0) is 6.18 Å². The van der Waals surface area contributed by atoms with E-state index in [0.29, 0.717) is 10.6 Å². The summed E-state index contributed by atoms with van der Waals surface area (Å²) < 4.78 is 39.0. The third kappa shape index (κ3) is 4.11. The first-order valence-corrected chi connectivity index (χ1v) is 8.22. The molecule has 2 aromatic carbocycles. The van der Waals surface area contributed by atoms with Gasteiger partial charge in [0.05, 0.1) is 16.7 Å². The lowest BCUT2D eigenvalue weighted by Crippen LogP contribution is -2.18. The Kier molecular flexibility index (Phi) is 4.91. The normalized spacial score (nSPS) is 11.2. The minimum Gasteiger partial charge on any atom is -0.478 e. The van der Waals surface area contributed by atoms with E-state index in [1.54, 1.807) is 0 Å². The van der Waals surface area contributed by atoms with Crippen LogP contribution in [0.25, 0.3) is 10.6 Å². The molecule has 10 heteroatoms. The zero-order valence-corrected chi connectivity index (χ0v) is 14.1. The van der Waals surface area contributed by atoms with Gasteiger partial charge >= 0.3 is 12.1 Å². The van der Waals surface area contributed by atoms with Crippen molar-refractivity contribution >= 4 is 28.3 Å². The second-order valence-corrected chi connectivity index (χ2v) is 6.27. The zero-order chi connectivity index (χ0) is 19.6. The van der Waals surface area contributed by atoms with E-state index in [9.17, 15) is 22.8 Å². The van der Waals surface area contributed by atoms with Gasteiger partial charge in [-0.2, -0.15) is 13.2 Å². The van der Waals surface area contributed by atoms with Gasteiger partial charge in [-0.3, -0.25) is 10.1 Å². The van der Waals surface area contributed by atoms with E-state index >= 15 is 0 Å². The summed E-state index contributed by atoms with van der Waals surface area (Å²) in [7, 11) is 0. The Hall–Kier alpha value is -3.27. The number of nitrogens with one attached hydrogen (secondary N) is 1. The van der Waals surface area contributed by atoms with Gasteiger partial charge in [-0.15, -0.1) is 10.2 Å². The number of alkyl halides is 3. The topological polar surface area (TPSA) is 92.2 Å². The maximum absolute atomic E-state index is 13.0. The number of carbonyl (C=O) groups excluding carboxylic acids is 1. The molecule has 6 nitrogen and oxygen atoms in total. The smallest absolute Gasteiger partial charge is 0.417 e. The van der Waals surface area contributed by atoms with Gasteiger partial charge in [0.15, 0.2) is 0 Å². The van der Waals surface area contributed by atoms with Crippen molar-refractivity contribution in [2.24, 2.45) is 0 Å². The van der Waals surface area contributed by atoms with Gasteiger partial charge in [-0.1, -0.05) is 35.6 Å². The number of hydrogen-bond acceptors (Lipinski definition) is 5. The molecule has 0 saturated heterocycles. The van der Waals surface area contributed by atoms with Gasteiger partial charge in [0.2, 0.25) is 5.13 Å². The maximum Gasteiger partial charge on any atom is 0.417 e. The molecular weight excluding hydrogens is 383 g/mol. The summed E-state index contributed by atoms with van der Waals surface area (Å²) in [6.07, 6.45) is -4.66. The Labute approximate surface area is 154 Å². The predicted molar refractivity (Wildman–Crippen MR) is 91.7 cm³/mol. The summed E-state index contributed by atoms with van der Waals surface area (Å²) in [5.74, 6) is -2.03. The molecule has 0 saturated carbocycles. The van der Waals surface area contributed by atoms with E-state index in [1.807, 2.05) is 0 Å². The van der Waals surface area contributed by atoms with Crippen LogP contribution >= 0.6 is 11.3 Å². The van der Waals surface area contributed by atoms with E-state index in [4.69, 9.17) is 5.11 Å². The lowest BCUT2D eigenvalue weighted by Gasteiger charge is -2.11. The molecule has 27 heavy (non-hydrogen) atoms. The number of aromatic nitrogens is 2. The van der Waals surface area contributed by atoms with E-state index in [-0.39, 0.29) is 10.7 Å². The fraction of sp³-hybridized carbons (Fsp3) is 0.0588. The molecular formula is C17H10F3N3O3S. The monoisotopic (exact) mass is 393 g/mol. The van der Waals surface area contributed by atoms with Crippen LogP contribution in [0.4, 0.5) is 18.3 Å². The van der Waals surface area contributed by atoms with E-state index in [2.05, 4.69) is 15.5 Å². The summed E-state index contributed by atoms with van der Waals surface area (Å²) in [6.45, 7) is 0. The Balaban J connectivity index is 1.80. The van der Waals surface area contributed by atoms with Gasteiger partial charge in [-0.05, 0) is 24.3 Å². The highest BCUT2D eigenvalue weighted by Crippen LogP contribution is 2.33. The number of carboxylic acids is 1. The third-order valence-electron chi connectivity index (χ3n) is 3.50. The molecule has 2 N–H and O–H groups in total. The Morgan fingerprint density at radius 1 is 1.00 bits per heavy atom. The Morgan fingerprint density at radius 3 is 2.30 bits per heavy atom. The number of carboxylic acid groups (broad SMARTS) is 1. The van der Waals surface area contributed by atoms with Crippen molar-refractivity contribution in [2.45, 2.75) is 6.18 Å². The molecule has 0 atom stereocenters. The average molecular weight is 393 g/mol. The summed E-state index contributed by atoms with van der Waals surface area (Å²) in [5, 5.41) is 19.2. The number of carbonyl (C=O) groups is 2. The maximum atomic E-state index is 13.0. The minimum atomic E-state index is -4.66. The van der Waals surface area contributed by atoms with Crippen LogP contribution in [0.15, 0.2) is 48.5 Å². The molecule has 1 amide bonds. The molecule has 0 fully saturated rings. The van der Waals surface area contributed by atoms with Gasteiger partial charge in [-0.25, -0.2) is 4.79 Å². The molecule has 0 aliphatic rings. The summed E-state index contributed by atoms with van der Waals surface area (Å²) in [6, 6.07) is 10.2. The van der Waals surface area contributed by atoms with Crippen molar-refractivity contribution in [3.63, 3.8) is 0 Å². The Morgan fingerprint density at radius 2 is 1.67 bits per heavy atom. The standard InChI is InChI=1S/C17H10F3N3O3S/c18-17(19,20)12-4-2-1-3-11(12)13(24)21-16-23-22-14(27-16)9-5-7-10(8-6-9)15(25)26/h1-8H,(H,25,26)(H,21,23,24). The fourth-order valence-corrected chi connectivity index (χ4v) is 2.98. The van der Waals surface area contributed by atoms with Crippen LogP contribution in [0.3, 0.4) is 0 Å². The number of aromatic carboxylic acids is 1. The van der Waals surface area contributed by atoms with Crippen molar-refractivity contribution in [3.05, 3.63) is 65.2 Å². The minimum absolute atomic E-state index is 0.0225. The first-order chi connectivity index (χ1) is 12.8. The van der Waals surface area contributed by atoms with Crippen LogP contribution < -0.4 is 5.32 Å². The van der Waals surface area contributed by atoms with Crippen molar-refractivity contribution < 1.29 is 27.9 Å². The first kappa shape index (κ1) is 18.5. The molecule has 0 radical (unpaired) electrons. The number of benzene rings is 2. The van der Waals surface area contributed by atoms with E-state index in [1.165, 1.54) is 36.4 Å². The van der Waals surface area contributed by atoms with Gasteiger partial charge < -0.3 is 5.11 Å². The second kappa shape index (κ2) is 7.16. The van der Waals surface area contributed by atoms with Crippen molar-refractivity contribution in [1.82, 2.24) is 10.2 Å². The zero-order valence-electron chi connectivity index (χ0n) is 13.3. The van der Waals surface area contributed by atoms with Crippen LogP contribution in [-0.4, -0.2) is 27.2 Å². The fourth-order valence-electron chi connectivity index (χ4n) is 2.24. The molecule has 0 unspecified atom stereocenters. The van der Waals surface area contributed by atoms with Crippen molar-refractivity contribution in [2.75, 3.05) is 5.32 Å². The largest absolute Gasteiger partial charge is 0.478 e. The van der Waals surface area contributed by atoms with Crippen LogP contribution in [0.1, 0.15) is 26.3 Å². The van der Waals surface area contributed by atoms with Crippen LogP contribution in [0, 0.1) is 0 Å². The van der Waals surface area contributed by atoms with Crippen LogP contribution in [0.2, 0.25) is 0 Å². The highest BCUT2D eigenvalue weighted by molar-refractivity contribution is 7.18. The Bertz CT molecular complexity index is 1000. The van der Waals surface area contributed by atoms with E-state index < -0.39 is 29.2 Å². The highest BCUT2D eigenvalue weighted by atomic mass is 32.1. The van der Waals surface area contributed by atoms with Crippen LogP contribution in [0.5, 0.6) is 0 Å². The number of amides is 1. The molecule has 0 spiro atoms. The number of nitrogens with zero attached hydrogens (tertiary/aromatic N) is 2. The SMILES string of the molecule is O=C(O)c1ccc(-c2nnc(NC(=O)c3ccccc3C(F)(F)F)s2)cc1. The molecule has 138 valence electrons. The predicted octanol–water partition coefficient (Wildman–Crippen LogP) is 4.17. The van der Waals surface area contributed by atoms with Crippen molar-refractivity contribution in [1.29, 1.82) is 0 Å². The number of hydrogen-bond donors (Lipinski definition) is 2. The summed E-state index contributed by atoms with van der Waals surface area (Å²) >= 11 is 0.954. The summed E-state index contributed by atoms with van der Waals surface area (Å²) in [5.41, 5.74) is -0.904. The van der Waals surface area contributed by atoms with Crippen molar-refractivity contribution in [3.8, 4) is 10.6 Å². The molecule has 0 aliphatic carbocycles. The average Bonchev–Trinajstić information content (AvgIpc) is 3.09. The quantitative estimate of drug-likeness (QED) is 0.694.